The Kier molecular flexibility index (Phi) is 7.50. The van der Waals surface area contributed by atoms with Gasteiger partial charge in [0.25, 0.3) is 0 Å². The molecule has 3 N–H and O–H groups in total. The number of hydrogen-bond acceptors (Lipinski definition) is 2. The highest BCUT2D eigenvalue weighted by Crippen LogP contribution is 2.06. The third-order valence-electron chi connectivity index (χ3n) is 2.43. The van der Waals surface area contributed by atoms with Crippen molar-refractivity contribution in [1.29, 1.82) is 0 Å². The van der Waals surface area contributed by atoms with Gasteiger partial charge in [0.1, 0.15) is 5.82 Å². The summed E-state index contributed by atoms with van der Waals surface area (Å²) in [5.74, 6) is -0.421. The van der Waals surface area contributed by atoms with E-state index in [9.17, 15) is 9.18 Å². The van der Waals surface area contributed by atoms with Crippen LogP contribution in [0.5, 0.6) is 0 Å². The molecule has 17 heavy (non-hydrogen) atoms. The first-order valence-corrected chi connectivity index (χ1v) is 5.41. The van der Waals surface area contributed by atoms with Crippen LogP contribution in [0.25, 0.3) is 0 Å². The van der Waals surface area contributed by atoms with Crippen LogP contribution in [-0.2, 0) is 11.2 Å². The minimum atomic E-state index is -0.472. The number of amides is 1. The minimum absolute atomic E-state index is 0. The summed E-state index contributed by atoms with van der Waals surface area (Å²) in [7, 11) is 0. The summed E-state index contributed by atoms with van der Waals surface area (Å²) in [6.45, 7) is 2.26. The van der Waals surface area contributed by atoms with Gasteiger partial charge in [-0.15, -0.1) is 12.4 Å². The summed E-state index contributed by atoms with van der Waals surface area (Å²) in [6.07, 6.45) is 1.08. The number of hydrogen-bond donors (Lipinski definition) is 2. The number of nitrogens with two attached hydrogens (primary N) is 1. The summed E-state index contributed by atoms with van der Waals surface area (Å²) in [5, 5.41) is 2.68. The van der Waals surface area contributed by atoms with Crippen molar-refractivity contribution in [2.75, 3.05) is 6.54 Å². The predicted octanol–water partition coefficient (Wildman–Crippen LogP) is 1.64. The van der Waals surface area contributed by atoms with Crippen LogP contribution in [0.15, 0.2) is 24.3 Å². The molecule has 1 amide bonds. The van der Waals surface area contributed by atoms with E-state index in [-0.39, 0.29) is 24.1 Å². The fourth-order valence-electron chi connectivity index (χ4n) is 1.34. The molecule has 96 valence electrons. The molecule has 0 saturated carbocycles. The molecule has 0 aliphatic rings. The van der Waals surface area contributed by atoms with E-state index in [1.165, 1.54) is 6.07 Å². The lowest BCUT2D eigenvalue weighted by molar-refractivity contribution is -0.122. The number of rotatable bonds is 5. The Balaban J connectivity index is 0.00000256. The van der Waals surface area contributed by atoms with Crippen molar-refractivity contribution in [2.45, 2.75) is 25.8 Å². The largest absolute Gasteiger partial charge is 0.354 e. The molecule has 0 aliphatic heterocycles. The monoisotopic (exact) mass is 260 g/mol. The van der Waals surface area contributed by atoms with Crippen LogP contribution in [0, 0.1) is 5.82 Å². The Labute approximate surface area is 107 Å². The van der Waals surface area contributed by atoms with E-state index >= 15 is 0 Å². The van der Waals surface area contributed by atoms with Gasteiger partial charge in [-0.25, -0.2) is 4.39 Å². The summed E-state index contributed by atoms with van der Waals surface area (Å²) < 4.78 is 13.2. The fraction of sp³-hybridized carbons (Fsp3) is 0.417. The van der Waals surface area contributed by atoms with E-state index in [4.69, 9.17) is 5.73 Å². The van der Waals surface area contributed by atoms with Crippen LogP contribution in [0.3, 0.4) is 0 Å². The van der Waals surface area contributed by atoms with Crippen LogP contribution >= 0.6 is 12.4 Å². The van der Waals surface area contributed by atoms with Crippen molar-refractivity contribution in [3.05, 3.63) is 35.6 Å². The quantitative estimate of drug-likeness (QED) is 0.846. The lowest BCUT2D eigenvalue weighted by Gasteiger charge is -2.10. The first-order chi connectivity index (χ1) is 7.65. The molecule has 0 saturated heterocycles. The Hall–Kier alpha value is -1.13. The smallest absolute Gasteiger partial charge is 0.236 e. The molecule has 0 fully saturated rings. The van der Waals surface area contributed by atoms with Crippen LogP contribution in [0.1, 0.15) is 18.9 Å². The van der Waals surface area contributed by atoms with Gasteiger partial charge in [-0.3, -0.25) is 4.79 Å². The van der Waals surface area contributed by atoms with Crippen molar-refractivity contribution in [3.8, 4) is 0 Å². The van der Waals surface area contributed by atoms with Gasteiger partial charge in [-0.1, -0.05) is 25.1 Å². The molecular formula is C12H18ClFN2O. The number of carbonyl (C=O) groups is 1. The highest BCUT2D eigenvalue weighted by atomic mass is 35.5. The van der Waals surface area contributed by atoms with Crippen molar-refractivity contribution >= 4 is 18.3 Å². The van der Waals surface area contributed by atoms with Gasteiger partial charge >= 0.3 is 0 Å². The molecule has 0 bridgehead atoms. The van der Waals surface area contributed by atoms with Crippen molar-refractivity contribution in [2.24, 2.45) is 5.73 Å². The maximum atomic E-state index is 13.2. The van der Waals surface area contributed by atoms with Gasteiger partial charge in [0.2, 0.25) is 5.91 Å². The zero-order valence-electron chi connectivity index (χ0n) is 9.78. The molecule has 1 aromatic carbocycles. The van der Waals surface area contributed by atoms with Gasteiger partial charge < -0.3 is 11.1 Å². The molecule has 3 nitrogen and oxygen atoms in total. The summed E-state index contributed by atoms with van der Waals surface area (Å²) in [5.41, 5.74) is 6.14. The second kappa shape index (κ2) is 8.03. The van der Waals surface area contributed by atoms with E-state index in [0.717, 1.165) is 0 Å². The molecule has 0 aromatic heterocycles. The Morgan fingerprint density at radius 2 is 2.12 bits per heavy atom. The van der Waals surface area contributed by atoms with E-state index in [0.29, 0.717) is 24.9 Å². The predicted molar refractivity (Wildman–Crippen MR) is 68.6 cm³/mol. The summed E-state index contributed by atoms with van der Waals surface area (Å²) in [6, 6.07) is 6.07. The summed E-state index contributed by atoms with van der Waals surface area (Å²) >= 11 is 0. The molecule has 1 atom stereocenters. The molecule has 0 heterocycles. The van der Waals surface area contributed by atoms with E-state index < -0.39 is 6.04 Å². The Bertz CT molecular complexity index is 360. The number of halogens is 2. The Morgan fingerprint density at radius 3 is 2.71 bits per heavy atom. The van der Waals surface area contributed by atoms with Crippen molar-refractivity contribution in [1.82, 2.24) is 5.32 Å². The SMILES string of the molecule is CC[C@H](N)C(=O)NCCc1ccccc1F.Cl. The van der Waals surface area contributed by atoms with Gasteiger partial charge in [0, 0.05) is 6.54 Å². The van der Waals surface area contributed by atoms with Crippen LogP contribution in [0.4, 0.5) is 4.39 Å². The lowest BCUT2D eigenvalue weighted by atomic mass is 10.1. The minimum Gasteiger partial charge on any atom is -0.354 e. The van der Waals surface area contributed by atoms with Crippen molar-refractivity contribution < 1.29 is 9.18 Å². The zero-order chi connectivity index (χ0) is 12.0. The maximum absolute atomic E-state index is 13.2. The van der Waals surface area contributed by atoms with E-state index in [1.54, 1.807) is 18.2 Å². The van der Waals surface area contributed by atoms with Gasteiger partial charge in [0.05, 0.1) is 6.04 Å². The van der Waals surface area contributed by atoms with Gasteiger partial charge in [0.15, 0.2) is 0 Å². The number of benzene rings is 1. The van der Waals surface area contributed by atoms with Gasteiger partial charge in [-0.2, -0.15) is 0 Å². The van der Waals surface area contributed by atoms with Gasteiger partial charge in [-0.05, 0) is 24.5 Å². The molecular weight excluding hydrogens is 243 g/mol. The third kappa shape index (κ3) is 5.15. The first-order valence-electron chi connectivity index (χ1n) is 5.41. The van der Waals surface area contributed by atoms with E-state index in [1.807, 2.05) is 6.92 Å². The second-order valence-electron chi connectivity index (χ2n) is 3.65. The molecule has 5 heteroatoms. The molecule has 0 radical (unpaired) electrons. The zero-order valence-corrected chi connectivity index (χ0v) is 10.6. The Morgan fingerprint density at radius 1 is 1.47 bits per heavy atom. The highest BCUT2D eigenvalue weighted by Gasteiger charge is 2.09. The molecule has 1 rings (SSSR count). The average Bonchev–Trinajstić information content (AvgIpc) is 2.30. The topological polar surface area (TPSA) is 55.1 Å². The maximum Gasteiger partial charge on any atom is 0.236 e. The van der Waals surface area contributed by atoms with Crippen LogP contribution in [-0.4, -0.2) is 18.5 Å². The number of nitrogens with one attached hydrogen (secondary N) is 1. The lowest BCUT2D eigenvalue weighted by Crippen LogP contribution is -2.40. The fourth-order valence-corrected chi connectivity index (χ4v) is 1.34. The molecule has 0 aliphatic carbocycles. The second-order valence-corrected chi connectivity index (χ2v) is 3.65. The normalized spacial score (nSPS) is 11.5. The molecule has 1 aromatic rings. The average molecular weight is 261 g/mol. The standard InChI is InChI=1S/C12H17FN2O.ClH/c1-2-11(14)12(16)15-8-7-9-5-3-4-6-10(9)13;/h3-6,11H,2,7-8,14H2,1H3,(H,15,16);1H/t11-;/m0./s1. The van der Waals surface area contributed by atoms with Crippen LogP contribution < -0.4 is 11.1 Å². The molecule has 0 unspecified atom stereocenters. The molecule has 0 spiro atoms. The van der Waals surface area contributed by atoms with E-state index in [2.05, 4.69) is 5.32 Å². The highest BCUT2D eigenvalue weighted by molar-refractivity contribution is 5.85. The third-order valence-corrected chi connectivity index (χ3v) is 2.43. The van der Waals surface area contributed by atoms with Crippen LogP contribution in [0.2, 0.25) is 0 Å². The summed E-state index contributed by atoms with van der Waals surface area (Å²) in [4.78, 5) is 11.3. The first kappa shape index (κ1) is 15.9. The van der Waals surface area contributed by atoms with Crippen molar-refractivity contribution in [3.63, 3.8) is 0 Å². The number of carbonyl (C=O) groups excluding carboxylic acids is 1.